The summed E-state index contributed by atoms with van der Waals surface area (Å²) in [5.41, 5.74) is 1.42. The zero-order chi connectivity index (χ0) is 16.9. The van der Waals surface area contributed by atoms with Crippen molar-refractivity contribution in [2.24, 2.45) is 0 Å². The molecule has 0 spiro atoms. The quantitative estimate of drug-likeness (QED) is 0.664. The number of thioether (sulfide) groups is 1. The van der Waals surface area contributed by atoms with Gasteiger partial charge in [-0.1, -0.05) is 23.9 Å². The summed E-state index contributed by atoms with van der Waals surface area (Å²) in [4.78, 5) is 16.7. The molecular weight excluding hydrogens is 327 g/mol. The molecule has 0 aliphatic carbocycles. The second-order valence-corrected chi connectivity index (χ2v) is 5.99. The average molecular weight is 342 g/mol. The lowest BCUT2D eigenvalue weighted by molar-refractivity contribution is 0.414. The van der Waals surface area contributed by atoms with Gasteiger partial charge in [0.2, 0.25) is 0 Å². The van der Waals surface area contributed by atoms with Gasteiger partial charge in [0, 0.05) is 23.8 Å². The molecule has 0 bridgehead atoms. The Balaban J connectivity index is 1.83. The molecule has 0 aliphatic heterocycles. The summed E-state index contributed by atoms with van der Waals surface area (Å²) in [6.45, 7) is 0. The highest BCUT2D eigenvalue weighted by atomic mass is 32.2. The van der Waals surface area contributed by atoms with Crippen LogP contribution in [-0.2, 0) is 5.75 Å². The topological polar surface area (TPSA) is 44.1 Å². The number of methoxy groups -OCH3 is 1. The molecule has 0 N–H and O–H groups in total. The van der Waals surface area contributed by atoms with Crippen LogP contribution < -0.4 is 10.3 Å². The van der Waals surface area contributed by atoms with Crippen molar-refractivity contribution < 1.29 is 9.13 Å². The summed E-state index contributed by atoms with van der Waals surface area (Å²) >= 11 is 1.36. The van der Waals surface area contributed by atoms with Gasteiger partial charge in [-0.15, -0.1) is 0 Å². The van der Waals surface area contributed by atoms with Gasteiger partial charge in [-0.05, 0) is 42.0 Å². The predicted molar refractivity (Wildman–Crippen MR) is 92.3 cm³/mol. The van der Waals surface area contributed by atoms with Crippen LogP contribution in [0.15, 0.2) is 70.7 Å². The molecule has 3 aromatic rings. The van der Waals surface area contributed by atoms with Crippen molar-refractivity contribution in [3.8, 4) is 11.4 Å². The number of hydrogen-bond donors (Lipinski definition) is 0. The number of ether oxygens (including phenoxy) is 1. The number of benzene rings is 2. The van der Waals surface area contributed by atoms with Gasteiger partial charge in [0.25, 0.3) is 5.56 Å². The fourth-order valence-corrected chi connectivity index (χ4v) is 3.05. The van der Waals surface area contributed by atoms with Crippen LogP contribution in [0.2, 0.25) is 0 Å². The second kappa shape index (κ2) is 7.31. The van der Waals surface area contributed by atoms with E-state index < -0.39 is 0 Å². The first-order chi connectivity index (χ1) is 11.7. The molecule has 1 aromatic heterocycles. The minimum absolute atomic E-state index is 0.225. The van der Waals surface area contributed by atoms with Crippen molar-refractivity contribution in [1.29, 1.82) is 0 Å². The lowest BCUT2D eigenvalue weighted by Crippen LogP contribution is -2.20. The maximum Gasteiger partial charge on any atom is 0.287 e. The Morgan fingerprint density at radius 2 is 2.00 bits per heavy atom. The molecule has 122 valence electrons. The maximum absolute atomic E-state index is 13.0. The Hall–Kier alpha value is -2.60. The lowest BCUT2D eigenvalue weighted by Gasteiger charge is -2.08. The van der Waals surface area contributed by atoms with Crippen molar-refractivity contribution in [1.82, 2.24) is 9.55 Å². The highest BCUT2D eigenvalue weighted by molar-refractivity contribution is 7.98. The summed E-state index contributed by atoms with van der Waals surface area (Å²) < 4.78 is 19.7. The average Bonchev–Trinajstić information content (AvgIpc) is 2.62. The molecular formula is C18H15FN2O2S. The first-order valence-corrected chi connectivity index (χ1v) is 8.25. The van der Waals surface area contributed by atoms with E-state index in [-0.39, 0.29) is 11.4 Å². The van der Waals surface area contributed by atoms with E-state index in [1.165, 1.54) is 28.5 Å². The van der Waals surface area contributed by atoms with E-state index in [0.717, 1.165) is 11.3 Å². The Bertz CT molecular complexity index is 894. The van der Waals surface area contributed by atoms with Gasteiger partial charge in [0.15, 0.2) is 5.03 Å². The van der Waals surface area contributed by atoms with E-state index in [9.17, 15) is 9.18 Å². The zero-order valence-corrected chi connectivity index (χ0v) is 13.8. The third-order valence-corrected chi connectivity index (χ3v) is 4.45. The molecule has 0 fully saturated rings. The van der Waals surface area contributed by atoms with E-state index >= 15 is 0 Å². The molecule has 1 heterocycles. The molecule has 0 atom stereocenters. The van der Waals surface area contributed by atoms with Crippen LogP contribution in [-0.4, -0.2) is 16.7 Å². The van der Waals surface area contributed by atoms with Gasteiger partial charge >= 0.3 is 0 Å². The first kappa shape index (κ1) is 16.3. The fraction of sp³-hybridized carbons (Fsp3) is 0.111. The van der Waals surface area contributed by atoms with Gasteiger partial charge in [-0.25, -0.2) is 9.37 Å². The van der Waals surface area contributed by atoms with E-state index in [2.05, 4.69) is 4.98 Å². The van der Waals surface area contributed by atoms with Gasteiger partial charge in [-0.3, -0.25) is 9.36 Å². The fourth-order valence-electron chi connectivity index (χ4n) is 2.21. The third-order valence-electron chi connectivity index (χ3n) is 3.42. The first-order valence-electron chi connectivity index (χ1n) is 7.27. The van der Waals surface area contributed by atoms with E-state index in [1.807, 2.05) is 24.3 Å². The largest absolute Gasteiger partial charge is 0.497 e. The van der Waals surface area contributed by atoms with Crippen LogP contribution in [0.3, 0.4) is 0 Å². The lowest BCUT2D eigenvalue weighted by atomic mass is 10.2. The van der Waals surface area contributed by atoms with Crippen molar-refractivity contribution >= 4 is 11.8 Å². The smallest absolute Gasteiger partial charge is 0.287 e. The summed E-state index contributed by atoms with van der Waals surface area (Å²) in [7, 11) is 1.62. The van der Waals surface area contributed by atoms with Crippen LogP contribution in [0.5, 0.6) is 5.75 Å². The Morgan fingerprint density at radius 3 is 2.75 bits per heavy atom. The highest BCUT2D eigenvalue weighted by Gasteiger charge is 2.08. The molecule has 0 aliphatic rings. The number of hydrogen-bond acceptors (Lipinski definition) is 4. The van der Waals surface area contributed by atoms with E-state index in [1.54, 1.807) is 31.6 Å². The maximum atomic E-state index is 13.0. The Morgan fingerprint density at radius 1 is 1.21 bits per heavy atom. The van der Waals surface area contributed by atoms with Crippen molar-refractivity contribution in [2.45, 2.75) is 10.8 Å². The van der Waals surface area contributed by atoms with Crippen molar-refractivity contribution in [3.05, 3.63) is 82.7 Å². The normalized spacial score (nSPS) is 10.6. The summed E-state index contributed by atoms with van der Waals surface area (Å²) in [5.74, 6) is 1.04. The molecule has 3 rings (SSSR count). The number of rotatable bonds is 5. The molecule has 0 amide bonds. The summed E-state index contributed by atoms with van der Waals surface area (Å²) in [6, 6.07) is 13.4. The third kappa shape index (κ3) is 3.65. The number of halogens is 1. The van der Waals surface area contributed by atoms with Gasteiger partial charge < -0.3 is 4.74 Å². The highest BCUT2D eigenvalue weighted by Crippen LogP contribution is 2.21. The van der Waals surface area contributed by atoms with E-state index in [4.69, 9.17) is 4.74 Å². The monoisotopic (exact) mass is 342 g/mol. The molecule has 0 saturated heterocycles. The van der Waals surface area contributed by atoms with E-state index in [0.29, 0.717) is 16.5 Å². The SMILES string of the molecule is COc1cccc(CSc2nccn(-c3ccc(F)cc3)c2=O)c1. The second-order valence-electron chi connectivity index (χ2n) is 5.02. The molecule has 0 unspecified atom stereocenters. The van der Waals surface area contributed by atoms with Gasteiger partial charge in [0.1, 0.15) is 11.6 Å². The molecule has 2 aromatic carbocycles. The number of aromatic nitrogens is 2. The van der Waals surface area contributed by atoms with Crippen molar-refractivity contribution in [3.63, 3.8) is 0 Å². The van der Waals surface area contributed by atoms with Crippen LogP contribution in [0.25, 0.3) is 5.69 Å². The minimum Gasteiger partial charge on any atom is -0.497 e. The van der Waals surface area contributed by atoms with Crippen LogP contribution in [0.4, 0.5) is 4.39 Å². The van der Waals surface area contributed by atoms with Gasteiger partial charge in [0.05, 0.1) is 7.11 Å². The molecule has 0 radical (unpaired) electrons. The summed E-state index contributed by atoms with van der Waals surface area (Å²) in [6.07, 6.45) is 3.14. The molecule has 4 nitrogen and oxygen atoms in total. The molecule has 6 heteroatoms. The molecule has 24 heavy (non-hydrogen) atoms. The molecule has 0 saturated carbocycles. The van der Waals surface area contributed by atoms with Crippen LogP contribution in [0.1, 0.15) is 5.56 Å². The Labute approximate surface area is 142 Å². The summed E-state index contributed by atoms with van der Waals surface area (Å²) in [5, 5.41) is 0.393. The Kier molecular flexibility index (Phi) is 4.96. The minimum atomic E-state index is -0.339. The standard InChI is InChI=1S/C18H15FN2O2S/c1-23-16-4-2-3-13(11-16)12-24-17-18(22)21(10-9-20-17)15-7-5-14(19)6-8-15/h2-11H,12H2,1H3. The zero-order valence-electron chi connectivity index (χ0n) is 13.0. The van der Waals surface area contributed by atoms with Crippen molar-refractivity contribution in [2.75, 3.05) is 7.11 Å². The van der Waals surface area contributed by atoms with Gasteiger partial charge in [-0.2, -0.15) is 0 Å². The van der Waals surface area contributed by atoms with Crippen LogP contribution >= 0.6 is 11.8 Å². The predicted octanol–water partition coefficient (Wildman–Crippen LogP) is 3.67. The number of nitrogens with zero attached hydrogens (tertiary/aromatic N) is 2. The van der Waals surface area contributed by atoms with Crippen LogP contribution in [0, 0.1) is 5.82 Å².